The average Bonchev–Trinajstić information content (AvgIpc) is 2.98. The van der Waals surface area contributed by atoms with Crippen molar-refractivity contribution < 1.29 is 27.1 Å². The number of anilines is 1. The number of amides is 1. The van der Waals surface area contributed by atoms with Crippen LogP contribution >= 0.6 is 0 Å². The van der Waals surface area contributed by atoms with E-state index in [2.05, 4.69) is 29.8 Å². The number of nitriles is 1. The van der Waals surface area contributed by atoms with E-state index >= 15 is 0 Å². The van der Waals surface area contributed by atoms with Crippen molar-refractivity contribution in [3.63, 3.8) is 0 Å². The summed E-state index contributed by atoms with van der Waals surface area (Å²) in [5.74, 6) is -0.0877. The van der Waals surface area contributed by atoms with Crippen LogP contribution in [0.4, 0.5) is 10.2 Å². The normalized spacial score (nSPS) is 21.7. The van der Waals surface area contributed by atoms with E-state index < -0.39 is 21.9 Å². The van der Waals surface area contributed by atoms with Crippen LogP contribution in [0.5, 0.6) is 11.5 Å². The van der Waals surface area contributed by atoms with Gasteiger partial charge in [0.05, 0.1) is 37.0 Å². The Hall–Kier alpha value is -3.42. The van der Waals surface area contributed by atoms with Crippen LogP contribution in [0.1, 0.15) is 55.5 Å². The highest BCUT2D eigenvalue weighted by Crippen LogP contribution is 2.45. The molecule has 46 heavy (non-hydrogen) atoms. The summed E-state index contributed by atoms with van der Waals surface area (Å²) in [4.78, 5) is 26.2. The number of ether oxygens (including phenoxy) is 2. The van der Waals surface area contributed by atoms with Gasteiger partial charge in [-0.25, -0.2) is 14.4 Å². The third kappa shape index (κ3) is 7.92. The topological polar surface area (TPSA) is 153 Å². The standard InChI is InChI=1S/C31H43FN8O5S/c1-21(2)36-30(41)26-14-23(32)13-22(7-10-33)28(26)45-27-15-34-20-35-29(27)40-18-31(19-40)8-11-39(12-9-31)16-25-6-5-24(17-44-25)37-46(42,43)38(3)4/h13-15,20-21,24-25,37H,5-9,11-12,16-19H2,1-4H3,(H,36,41)/t24-,25+/m1/s1. The van der Waals surface area contributed by atoms with E-state index in [-0.39, 0.29) is 46.9 Å². The summed E-state index contributed by atoms with van der Waals surface area (Å²) >= 11 is 0. The van der Waals surface area contributed by atoms with E-state index in [1.165, 1.54) is 37.0 Å². The quantitative estimate of drug-likeness (QED) is 0.368. The maximum atomic E-state index is 14.5. The van der Waals surface area contributed by atoms with Crippen molar-refractivity contribution in [2.45, 2.75) is 64.1 Å². The molecule has 2 aromatic rings. The molecule has 3 saturated heterocycles. The van der Waals surface area contributed by atoms with Crippen LogP contribution in [-0.4, -0.2) is 105 Å². The first kappa shape index (κ1) is 33.9. The van der Waals surface area contributed by atoms with E-state index in [0.717, 1.165) is 64.5 Å². The van der Waals surface area contributed by atoms with Crippen LogP contribution in [0.15, 0.2) is 24.7 Å². The molecular weight excluding hydrogens is 615 g/mol. The first-order valence-electron chi connectivity index (χ1n) is 15.6. The number of nitrogens with zero attached hydrogens (tertiary/aromatic N) is 6. The fraction of sp³-hybridized carbons (Fsp3) is 0.613. The number of rotatable bonds is 11. The van der Waals surface area contributed by atoms with E-state index in [0.29, 0.717) is 18.2 Å². The van der Waals surface area contributed by atoms with Crippen LogP contribution < -0.4 is 19.7 Å². The molecule has 250 valence electrons. The molecule has 13 nitrogen and oxygen atoms in total. The van der Waals surface area contributed by atoms with Crippen molar-refractivity contribution in [1.29, 1.82) is 5.26 Å². The Kier molecular flexibility index (Phi) is 10.4. The Balaban J connectivity index is 1.18. The molecule has 1 aromatic carbocycles. The Morgan fingerprint density at radius 3 is 2.63 bits per heavy atom. The first-order valence-corrected chi connectivity index (χ1v) is 17.1. The number of likely N-dealkylation sites (tertiary alicyclic amines) is 1. The highest BCUT2D eigenvalue weighted by atomic mass is 32.2. The lowest BCUT2D eigenvalue weighted by atomic mass is 9.72. The Morgan fingerprint density at radius 1 is 1.26 bits per heavy atom. The number of hydrogen-bond donors (Lipinski definition) is 2. The summed E-state index contributed by atoms with van der Waals surface area (Å²) < 4.78 is 54.9. The monoisotopic (exact) mass is 658 g/mol. The van der Waals surface area contributed by atoms with E-state index in [9.17, 15) is 22.9 Å². The SMILES string of the molecule is CC(C)NC(=O)c1cc(F)cc(CC#N)c1Oc1cncnc1N1CC2(CCN(C[C@@H]3CC[C@@H](NS(=O)(=O)N(C)C)CO3)CC2)C1. The van der Waals surface area contributed by atoms with Crippen LogP contribution in [0.2, 0.25) is 0 Å². The molecule has 2 N–H and O–H groups in total. The molecular formula is C31H43FN8O5S. The van der Waals surface area contributed by atoms with Crippen LogP contribution in [0, 0.1) is 22.6 Å². The lowest BCUT2D eigenvalue weighted by Gasteiger charge is -2.54. The van der Waals surface area contributed by atoms with Gasteiger partial charge in [-0.15, -0.1) is 0 Å². The second kappa shape index (κ2) is 14.1. The molecule has 1 spiro atoms. The highest BCUT2D eigenvalue weighted by Gasteiger charge is 2.46. The largest absolute Gasteiger partial charge is 0.451 e. The van der Waals surface area contributed by atoms with Gasteiger partial charge in [-0.05, 0) is 64.8 Å². The van der Waals surface area contributed by atoms with Gasteiger partial charge in [-0.3, -0.25) is 4.79 Å². The zero-order valence-electron chi connectivity index (χ0n) is 26.8. The third-order valence-electron chi connectivity index (χ3n) is 8.83. The second-order valence-electron chi connectivity index (χ2n) is 13.0. The fourth-order valence-electron chi connectivity index (χ4n) is 6.31. The van der Waals surface area contributed by atoms with Crippen molar-refractivity contribution in [3.8, 4) is 17.6 Å². The number of carbonyl (C=O) groups is 1. The van der Waals surface area contributed by atoms with Crippen molar-refractivity contribution >= 4 is 21.9 Å². The third-order valence-corrected chi connectivity index (χ3v) is 10.4. The number of benzene rings is 1. The number of nitrogens with one attached hydrogen (secondary N) is 2. The summed E-state index contributed by atoms with van der Waals surface area (Å²) in [5, 5.41) is 12.2. The molecule has 0 radical (unpaired) electrons. The summed E-state index contributed by atoms with van der Waals surface area (Å²) in [6, 6.07) is 3.97. The van der Waals surface area contributed by atoms with E-state index in [1.807, 2.05) is 19.9 Å². The summed E-state index contributed by atoms with van der Waals surface area (Å²) in [7, 11) is -0.467. The average molecular weight is 659 g/mol. The zero-order chi connectivity index (χ0) is 33.1. The summed E-state index contributed by atoms with van der Waals surface area (Å²) in [5.41, 5.74) is 0.422. The van der Waals surface area contributed by atoms with E-state index in [4.69, 9.17) is 9.47 Å². The van der Waals surface area contributed by atoms with Gasteiger partial charge >= 0.3 is 0 Å². The van der Waals surface area contributed by atoms with Gasteiger partial charge in [0.2, 0.25) is 0 Å². The molecule has 3 aliphatic heterocycles. The second-order valence-corrected chi connectivity index (χ2v) is 14.9. The molecule has 0 saturated carbocycles. The summed E-state index contributed by atoms with van der Waals surface area (Å²) in [6.07, 6.45) is 6.51. The number of aromatic nitrogens is 2. The molecule has 4 heterocycles. The smallest absolute Gasteiger partial charge is 0.279 e. The highest BCUT2D eigenvalue weighted by molar-refractivity contribution is 7.87. The fourth-order valence-corrected chi connectivity index (χ4v) is 7.13. The van der Waals surface area contributed by atoms with Gasteiger partial charge in [-0.2, -0.15) is 22.7 Å². The van der Waals surface area contributed by atoms with Crippen LogP contribution in [0.25, 0.3) is 0 Å². The van der Waals surface area contributed by atoms with Crippen molar-refractivity contribution in [3.05, 3.63) is 41.6 Å². The maximum Gasteiger partial charge on any atom is 0.279 e. The van der Waals surface area contributed by atoms with E-state index in [1.54, 1.807) is 0 Å². The zero-order valence-corrected chi connectivity index (χ0v) is 27.6. The minimum atomic E-state index is -3.48. The molecule has 3 aliphatic rings. The number of hydrogen-bond acceptors (Lipinski definition) is 10. The lowest BCUT2D eigenvalue weighted by molar-refractivity contribution is -0.0300. The minimum absolute atomic E-state index is 0.00790. The molecule has 2 atom stereocenters. The molecule has 3 fully saturated rings. The molecule has 0 aliphatic carbocycles. The van der Waals surface area contributed by atoms with Gasteiger partial charge in [0.25, 0.3) is 16.1 Å². The number of halogens is 1. The van der Waals surface area contributed by atoms with Gasteiger partial charge < -0.3 is 24.6 Å². The van der Waals surface area contributed by atoms with Gasteiger partial charge in [0, 0.05) is 56.8 Å². The molecule has 15 heteroatoms. The van der Waals surface area contributed by atoms with Gasteiger partial charge in [0.15, 0.2) is 11.6 Å². The Bertz CT molecular complexity index is 1540. The molecule has 0 unspecified atom stereocenters. The summed E-state index contributed by atoms with van der Waals surface area (Å²) in [6.45, 7) is 8.27. The molecule has 1 amide bonds. The number of piperidine rings is 1. The molecule has 0 bridgehead atoms. The number of carbonyl (C=O) groups excluding carboxylic acids is 1. The minimum Gasteiger partial charge on any atom is -0.451 e. The Labute approximate surface area is 270 Å². The van der Waals surface area contributed by atoms with Crippen LogP contribution in [0.3, 0.4) is 0 Å². The van der Waals surface area contributed by atoms with Gasteiger partial charge in [0.1, 0.15) is 17.9 Å². The maximum absolute atomic E-state index is 14.5. The van der Waals surface area contributed by atoms with Crippen molar-refractivity contribution in [2.24, 2.45) is 5.41 Å². The molecule has 5 rings (SSSR count). The predicted molar refractivity (Wildman–Crippen MR) is 169 cm³/mol. The predicted octanol–water partition coefficient (Wildman–Crippen LogP) is 2.46. The molecule has 1 aromatic heterocycles. The van der Waals surface area contributed by atoms with Crippen LogP contribution in [-0.2, 0) is 21.4 Å². The first-order chi connectivity index (χ1) is 21.9. The van der Waals surface area contributed by atoms with Crippen molar-refractivity contribution in [1.82, 2.24) is 29.2 Å². The van der Waals surface area contributed by atoms with Gasteiger partial charge in [-0.1, -0.05) is 0 Å². The lowest BCUT2D eigenvalue weighted by Crippen LogP contribution is -2.61. The Morgan fingerprint density at radius 2 is 2.00 bits per heavy atom. The van der Waals surface area contributed by atoms with Crippen molar-refractivity contribution in [2.75, 3.05) is 58.3 Å².